The van der Waals surface area contributed by atoms with Crippen LogP contribution < -0.4 is 0 Å². The molecular weight excluding hydrogens is 110 g/mol. The largest absolute Gasteiger partial charge is 0.367 e. The maximum atomic E-state index is 3.02. The third-order valence-corrected chi connectivity index (χ3v) is 1.22. The van der Waals surface area contributed by atoms with Crippen LogP contribution in [0.4, 0.5) is 0 Å². The topological polar surface area (TPSA) is 15.8 Å². The van der Waals surface area contributed by atoms with Crippen molar-refractivity contribution < 1.29 is 0 Å². The van der Waals surface area contributed by atoms with Gasteiger partial charge in [-0.25, -0.2) is 0 Å². The van der Waals surface area contributed by atoms with Gasteiger partial charge in [0.25, 0.3) is 0 Å². The van der Waals surface area contributed by atoms with E-state index in [1.165, 1.54) is 11.5 Å². The first-order chi connectivity index (χ1) is 4.29. The first-order valence-corrected chi connectivity index (χ1v) is 3.20. The minimum atomic E-state index is 1.10. The first kappa shape index (κ1) is 6.40. The van der Waals surface area contributed by atoms with Gasteiger partial charge in [0.2, 0.25) is 0 Å². The lowest BCUT2D eigenvalue weighted by atomic mass is 10.1. The SMILES string of the molecule is C[C](C)Cc1cc[nH]c1. The van der Waals surface area contributed by atoms with Gasteiger partial charge >= 0.3 is 0 Å². The highest BCUT2D eigenvalue weighted by molar-refractivity contribution is 5.12. The Bertz CT molecular complexity index is 151. The second kappa shape index (κ2) is 2.72. The predicted octanol–water partition coefficient (Wildman–Crippen LogP) is 2.17. The highest BCUT2D eigenvalue weighted by atomic mass is 14.6. The molecule has 1 radical (unpaired) electrons. The van der Waals surface area contributed by atoms with Gasteiger partial charge in [-0.3, -0.25) is 0 Å². The summed E-state index contributed by atoms with van der Waals surface area (Å²) in [6.07, 6.45) is 5.09. The fourth-order valence-electron chi connectivity index (χ4n) is 0.877. The average molecular weight is 122 g/mol. The van der Waals surface area contributed by atoms with Gasteiger partial charge in [-0.05, 0) is 24.0 Å². The minimum absolute atomic E-state index is 1.10. The van der Waals surface area contributed by atoms with E-state index in [9.17, 15) is 0 Å². The molecule has 49 valence electrons. The third-order valence-electron chi connectivity index (χ3n) is 1.22. The number of aromatic amines is 1. The van der Waals surface area contributed by atoms with Crippen LogP contribution in [0.25, 0.3) is 0 Å². The lowest BCUT2D eigenvalue weighted by Gasteiger charge is -1.98. The first-order valence-electron chi connectivity index (χ1n) is 3.20. The molecule has 0 bridgehead atoms. The number of rotatable bonds is 2. The van der Waals surface area contributed by atoms with E-state index in [0.717, 1.165) is 6.42 Å². The normalized spacial score (nSPS) is 10.6. The third kappa shape index (κ3) is 1.92. The van der Waals surface area contributed by atoms with E-state index in [4.69, 9.17) is 0 Å². The van der Waals surface area contributed by atoms with Gasteiger partial charge in [0, 0.05) is 12.4 Å². The van der Waals surface area contributed by atoms with Crippen LogP contribution in [0, 0.1) is 5.92 Å². The van der Waals surface area contributed by atoms with Crippen molar-refractivity contribution in [3.63, 3.8) is 0 Å². The summed E-state index contributed by atoms with van der Waals surface area (Å²) in [5.41, 5.74) is 1.37. The summed E-state index contributed by atoms with van der Waals surface area (Å²) in [4.78, 5) is 3.02. The molecule has 0 unspecified atom stereocenters. The Morgan fingerprint density at radius 1 is 1.56 bits per heavy atom. The summed E-state index contributed by atoms with van der Waals surface area (Å²) in [5, 5.41) is 0. The van der Waals surface area contributed by atoms with E-state index < -0.39 is 0 Å². The molecule has 0 aliphatic carbocycles. The zero-order valence-electron chi connectivity index (χ0n) is 5.94. The monoisotopic (exact) mass is 122 g/mol. The molecule has 1 N–H and O–H groups in total. The highest BCUT2D eigenvalue weighted by Gasteiger charge is 1.95. The standard InChI is InChI=1S/C8H12N/c1-7(2)5-8-3-4-9-6-8/h3-4,6,9H,5H2,1-2H3. The number of hydrogen-bond donors (Lipinski definition) is 1. The van der Waals surface area contributed by atoms with Crippen LogP contribution in [0.5, 0.6) is 0 Å². The van der Waals surface area contributed by atoms with Crippen LogP contribution in [0.1, 0.15) is 19.4 Å². The molecule has 0 aliphatic heterocycles. The summed E-state index contributed by atoms with van der Waals surface area (Å²) in [7, 11) is 0. The maximum absolute atomic E-state index is 3.02. The van der Waals surface area contributed by atoms with E-state index in [2.05, 4.69) is 24.9 Å². The Labute approximate surface area is 56.1 Å². The zero-order chi connectivity index (χ0) is 6.69. The molecule has 0 aliphatic rings. The van der Waals surface area contributed by atoms with Crippen LogP contribution in [-0.4, -0.2) is 4.98 Å². The van der Waals surface area contributed by atoms with E-state index in [1.807, 2.05) is 12.4 Å². The molecule has 1 rings (SSSR count). The lowest BCUT2D eigenvalue weighted by molar-refractivity contribution is 0.958. The number of aromatic nitrogens is 1. The zero-order valence-corrected chi connectivity index (χ0v) is 5.94. The summed E-state index contributed by atoms with van der Waals surface area (Å²) in [6.45, 7) is 4.29. The Balaban J connectivity index is 2.48. The van der Waals surface area contributed by atoms with Crippen LogP contribution in [-0.2, 0) is 6.42 Å². The van der Waals surface area contributed by atoms with E-state index in [0.29, 0.717) is 0 Å². The molecule has 1 aromatic rings. The van der Waals surface area contributed by atoms with Crippen molar-refractivity contribution in [1.82, 2.24) is 4.98 Å². The summed E-state index contributed by atoms with van der Waals surface area (Å²) in [5.74, 6) is 1.45. The Morgan fingerprint density at radius 2 is 2.33 bits per heavy atom. The van der Waals surface area contributed by atoms with Crippen LogP contribution in [0.3, 0.4) is 0 Å². The second-order valence-corrected chi connectivity index (χ2v) is 2.60. The van der Waals surface area contributed by atoms with E-state index in [-0.39, 0.29) is 0 Å². The van der Waals surface area contributed by atoms with Gasteiger partial charge in [0.1, 0.15) is 0 Å². The number of nitrogens with one attached hydrogen (secondary N) is 1. The molecule has 0 atom stereocenters. The molecular formula is C8H12N. The van der Waals surface area contributed by atoms with Crippen LogP contribution >= 0.6 is 0 Å². The second-order valence-electron chi connectivity index (χ2n) is 2.60. The molecule has 1 aromatic heterocycles. The van der Waals surface area contributed by atoms with Crippen molar-refractivity contribution in [2.75, 3.05) is 0 Å². The fourth-order valence-corrected chi connectivity index (χ4v) is 0.877. The van der Waals surface area contributed by atoms with Gasteiger partial charge in [-0.2, -0.15) is 0 Å². The van der Waals surface area contributed by atoms with Gasteiger partial charge < -0.3 is 4.98 Å². The molecule has 0 saturated carbocycles. The van der Waals surface area contributed by atoms with Crippen molar-refractivity contribution >= 4 is 0 Å². The van der Waals surface area contributed by atoms with E-state index in [1.54, 1.807) is 0 Å². The lowest BCUT2D eigenvalue weighted by Crippen LogP contribution is -1.88. The molecule has 1 heterocycles. The van der Waals surface area contributed by atoms with Gasteiger partial charge in [0.15, 0.2) is 0 Å². The van der Waals surface area contributed by atoms with Gasteiger partial charge in [-0.15, -0.1) is 0 Å². The Kier molecular flexibility index (Phi) is 1.93. The molecule has 1 heteroatoms. The molecule has 0 aromatic carbocycles. The van der Waals surface area contributed by atoms with Crippen molar-refractivity contribution in [1.29, 1.82) is 0 Å². The van der Waals surface area contributed by atoms with Crippen molar-refractivity contribution in [3.05, 3.63) is 29.9 Å². The van der Waals surface area contributed by atoms with Crippen LogP contribution in [0.2, 0.25) is 0 Å². The number of hydrogen-bond acceptors (Lipinski definition) is 0. The fraction of sp³-hybridized carbons (Fsp3) is 0.375. The maximum Gasteiger partial charge on any atom is 0.00375 e. The quantitative estimate of drug-likeness (QED) is 0.618. The molecule has 1 nitrogen and oxygen atoms in total. The summed E-state index contributed by atoms with van der Waals surface area (Å²) >= 11 is 0. The van der Waals surface area contributed by atoms with Crippen molar-refractivity contribution in [2.24, 2.45) is 0 Å². The summed E-state index contributed by atoms with van der Waals surface area (Å²) in [6, 6.07) is 2.10. The average Bonchev–Trinajstić information content (AvgIpc) is 2.15. The molecule has 0 fully saturated rings. The Hall–Kier alpha value is -0.720. The van der Waals surface area contributed by atoms with E-state index >= 15 is 0 Å². The molecule has 0 amide bonds. The predicted molar refractivity (Wildman–Crippen MR) is 39.1 cm³/mol. The van der Waals surface area contributed by atoms with Crippen molar-refractivity contribution in [2.45, 2.75) is 20.3 Å². The van der Waals surface area contributed by atoms with Gasteiger partial charge in [-0.1, -0.05) is 13.8 Å². The minimum Gasteiger partial charge on any atom is -0.367 e. The van der Waals surface area contributed by atoms with Crippen molar-refractivity contribution in [3.8, 4) is 0 Å². The summed E-state index contributed by atoms with van der Waals surface area (Å²) < 4.78 is 0. The van der Waals surface area contributed by atoms with Gasteiger partial charge in [0.05, 0.1) is 0 Å². The highest BCUT2D eigenvalue weighted by Crippen LogP contribution is 2.06. The Morgan fingerprint density at radius 3 is 2.78 bits per heavy atom. The molecule has 0 saturated heterocycles. The number of H-pyrrole nitrogens is 1. The smallest absolute Gasteiger partial charge is 0.00375 e. The van der Waals surface area contributed by atoms with Crippen LogP contribution in [0.15, 0.2) is 18.5 Å². The molecule has 0 spiro atoms. The molecule has 9 heavy (non-hydrogen) atoms.